The maximum atomic E-state index is 9.66. The Morgan fingerprint density at radius 3 is 2.83 bits per heavy atom. The van der Waals surface area contributed by atoms with Crippen LogP contribution < -0.4 is 4.74 Å². The van der Waals surface area contributed by atoms with Crippen LogP contribution in [0.5, 0.6) is 5.75 Å². The molecule has 2 heteroatoms. The summed E-state index contributed by atoms with van der Waals surface area (Å²) in [6.07, 6.45) is 4.77. The lowest BCUT2D eigenvalue weighted by Crippen LogP contribution is -2.31. The van der Waals surface area contributed by atoms with Gasteiger partial charge in [-0.25, -0.2) is 0 Å². The van der Waals surface area contributed by atoms with Crippen molar-refractivity contribution in [2.75, 3.05) is 6.61 Å². The van der Waals surface area contributed by atoms with Crippen molar-refractivity contribution in [2.45, 2.75) is 45.6 Å². The Labute approximate surface area is 109 Å². The lowest BCUT2D eigenvalue weighted by molar-refractivity contribution is 0.0650. The first kappa shape index (κ1) is 12.0. The Morgan fingerprint density at radius 1 is 1.39 bits per heavy atom. The predicted octanol–water partition coefficient (Wildman–Crippen LogP) is 3.10. The molecule has 1 fully saturated rings. The van der Waals surface area contributed by atoms with Gasteiger partial charge in [-0.3, -0.25) is 0 Å². The Hall–Kier alpha value is -1.02. The van der Waals surface area contributed by atoms with Crippen molar-refractivity contribution < 1.29 is 9.84 Å². The second kappa shape index (κ2) is 4.27. The molecule has 98 valence electrons. The van der Waals surface area contributed by atoms with E-state index < -0.39 is 0 Å². The molecule has 0 spiro atoms. The average molecular weight is 246 g/mol. The van der Waals surface area contributed by atoms with E-state index in [1.165, 1.54) is 24.0 Å². The number of ether oxygens (including phenoxy) is 1. The van der Waals surface area contributed by atoms with Gasteiger partial charge in [0, 0.05) is 13.0 Å². The third kappa shape index (κ3) is 2.14. The molecule has 2 nitrogen and oxygen atoms in total. The summed E-state index contributed by atoms with van der Waals surface area (Å²) in [5, 5.41) is 9.66. The van der Waals surface area contributed by atoms with Gasteiger partial charge in [-0.2, -0.15) is 0 Å². The summed E-state index contributed by atoms with van der Waals surface area (Å²) >= 11 is 0. The standard InChI is InChI=1S/C16H22O2/c1-11-3-6-15-12(7-11)8-14(18-15)9-16(2,10-17)13-4-5-13/h3,6-7,13-14,17H,4-5,8-10H2,1-2H3. The maximum Gasteiger partial charge on any atom is 0.123 e. The number of hydrogen-bond acceptors (Lipinski definition) is 2. The van der Waals surface area contributed by atoms with Gasteiger partial charge in [0.25, 0.3) is 0 Å². The molecule has 1 aliphatic heterocycles. The van der Waals surface area contributed by atoms with Gasteiger partial charge in [0.2, 0.25) is 0 Å². The van der Waals surface area contributed by atoms with Crippen LogP contribution in [-0.2, 0) is 6.42 Å². The van der Waals surface area contributed by atoms with Crippen molar-refractivity contribution in [3.63, 3.8) is 0 Å². The Bertz CT molecular complexity index is 450. The molecule has 1 saturated carbocycles. The number of aryl methyl sites for hydroxylation is 1. The number of fused-ring (bicyclic) bond motifs is 1. The van der Waals surface area contributed by atoms with Crippen LogP contribution in [0.25, 0.3) is 0 Å². The molecule has 0 aromatic heterocycles. The van der Waals surface area contributed by atoms with Crippen molar-refractivity contribution in [3.05, 3.63) is 29.3 Å². The summed E-state index contributed by atoms with van der Waals surface area (Å²) < 4.78 is 6.03. The van der Waals surface area contributed by atoms with Crippen molar-refractivity contribution in [2.24, 2.45) is 11.3 Å². The third-order valence-electron chi connectivity index (χ3n) is 4.58. The van der Waals surface area contributed by atoms with Gasteiger partial charge in [-0.1, -0.05) is 24.6 Å². The highest BCUT2D eigenvalue weighted by molar-refractivity contribution is 5.40. The number of hydrogen-bond donors (Lipinski definition) is 1. The van der Waals surface area contributed by atoms with Crippen LogP contribution in [0.15, 0.2) is 18.2 Å². The summed E-state index contributed by atoms with van der Waals surface area (Å²) in [6.45, 7) is 4.62. The summed E-state index contributed by atoms with van der Waals surface area (Å²) in [7, 11) is 0. The molecular formula is C16H22O2. The lowest BCUT2D eigenvalue weighted by Gasteiger charge is -2.29. The Balaban J connectivity index is 1.70. The molecule has 1 aromatic carbocycles. The molecule has 1 heterocycles. The van der Waals surface area contributed by atoms with Crippen molar-refractivity contribution in [1.29, 1.82) is 0 Å². The molecule has 0 radical (unpaired) electrons. The van der Waals surface area contributed by atoms with Crippen LogP contribution in [0, 0.1) is 18.3 Å². The zero-order chi connectivity index (χ0) is 12.8. The highest BCUT2D eigenvalue weighted by Crippen LogP contribution is 2.49. The number of aliphatic hydroxyl groups excluding tert-OH is 1. The fraction of sp³-hybridized carbons (Fsp3) is 0.625. The molecule has 2 unspecified atom stereocenters. The van der Waals surface area contributed by atoms with E-state index in [1.807, 2.05) is 0 Å². The number of rotatable bonds is 4. The first-order valence-electron chi connectivity index (χ1n) is 6.98. The average Bonchev–Trinajstić information content (AvgIpc) is 3.12. The van der Waals surface area contributed by atoms with Gasteiger partial charge in [-0.05, 0) is 49.1 Å². The van der Waals surface area contributed by atoms with E-state index >= 15 is 0 Å². The lowest BCUT2D eigenvalue weighted by atomic mass is 9.79. The predicted molar refractivity (Wildman–Crippen MR) is 71.8 cm³/mol. The van der Waals surface area contributed by atoms with Crippen molar-refractivity contribution in [1.82, 2.24) is 0 Å². The van der Waals surface area contributed by atoms with Gasteiger partial charge < -0.3 is 9.84 Å². The topological polar surface area (TPSA) is 29.5 Å². The fourth-order valence-electron chi connectivity index (χ4n) is 3.22. The van der Waals surface area contributed by atoms with Crippen LogP contribution in [0.4, 0.5) is 0 Å². The maximum absolute atomic E-state index is 9.66. The van der Waals surface area contributed by atoms with E-state index in [0.29, 0.717) is 5.92 Å². The summed E-state index contributed by atoms with van der Waals surface area (Å²) in [5.74, 6) is 1.75. The molecule has 0 bridgehead atoms. The van der Waals surface area contributed by atoms with Crippen molar-refractivity contribution >= 4 is 0 Å². The zero-order valence-corrected chi connectivity index (χ0v) is 11.3. The minimum absolute atomic E-state index is 0.0573. The largest absolute Gasteiger partial charge is 0.490 e. The van der Waals surface area contributed by atoms with E-state index in [2.05, 4.69) is 32.0 Å². The second-order valence-corrected chi connectivity index (χ2v) is 6.35. The Kier molecular flexibility index (Phi) is 2.86. The molecule has 18 heavy (non-hydrogen) atoms. The van der Waals surface area contributed by atoms with Crippen LogP contribution in [-0.4, -0.2) is 17.8 Å². The number of aliphatic hydroxyl groups is 1. The SMILES string of the molecule is Cc1ccc2c(c1)CC(CC(C)(CO)C1CC1)O2. The fourth-order valence-corrected chi connectivity index (χ4v) is 3.22. The normalized spacial score (nSPS) is 25.4. The van der Waals surface area contributed by atoms with Gasteiger partial charge in [0.05, 0.1) is 0 Å². The molecule has 3 rings (SSSR count). The van der Waals surface area contributed by atoms with Crippen LogP contribution in [0.2, 0.25) is 0 Å². The summed E-state index contributed by atoms with van der Waals surface area (Å²) in [5.41, 5.74) is 2.68. The molecule has 1 aromatic rings. The summed E-state index contributed by atoms with van der Waals surface area (Å²) in [4.78, 5) is 0. The third-order valence-corrected chi connectivity index (χ3v) is 4.58. The van der Waals surface area contributed by atoms with Crippen molar-refractivity contribution in [3.8, 4) is 5.75 Å². The minimum Gasteiger partial charge on any atom is -0.490 e. The highest BCUT2D eigenvalue weighted by Gasteiger charge is 2.43. The number of benzene rings is 1. The van der Waals surface area contributed by atoms with Gasteiger partial charge in [-0.15, -0.1) is 0 Å². The molecule has 2 atom stereocenters. The zero-order valence-electron chi connectivity index (χ0n) is 11.3. The van der Waals surface area contributed by atoms with Gasteiger partial charge in [0.15, 0.2) is 0 Å². The Morgan fingerprint density at radius 2 is 2.17 bits per heavy atom. The quantitative estimate of drug-likeness (QED) is 0.884. The molecule has 1 N–H and O–H groups in total. The molecule has 1 aliphatic carbocycles. The smallest absolute Gasteiger partial charge is 0.123 e. The molecule has 0 saturated heterocycles. The molecule has 2 aliphatic rings. The van der Waals surface area contributed by atoms with E-state index in [1.54, 1.807) is 0 Å². The van der Waals surface area contributed by atoms with E-state index in [9.17, 15) is 5.11 Å². The first-order chi connectivity index (χ1) is 8.60. The van der Waals surface area contributed by atoms with Crippen LogP contribution in [0.1, 0.15) is 37.3 Å². The van der Waals surface area contributed by atoms with Crippen LogP contribution in [0.3, 0.4) is 0 Å². The van der Waals surface area contributed by atoms with E-state index in [4.69, 9.17) is 4.74 Å². The van der Waals surface area contributed by atoms with Crippen LogP contribution >= 0.6 is 0 Å². The van der Waals surface area contributed by atoms with E-state index in [-0.39, 0.29) is 18.1 Å². The molecular weight excluding hydrogens is 224 g/mol. The first-order valence-corrected chi connectivity index (χ1v) is 6.98. The van der Waals surface area contributed by atoms with Gasteiger partial charge >= 0.3 is 0 Å². The van der Waals surface area contributed by atoms with E-state index in [0.717, 1.165) is 18.6 Å². The summed E-state index contributed by atoms with van der Waals surface area (Å²) in [6, 6.07) is 6.41. The second-order valence-electron chi connectivity index (χ2n) is 6.35. The monoisotopic (exact) mass is 246 g/mol. The van der Waals surface area contributed by atoms with Gasteiger partial charge in [0.1, 0.15) is 11.9 Å². The highest BCUT2D eigenvalue weighted by atomic mass is 16.5. The molecule has 0 amide bonds. The minimum atomic E-state index is 0.0573.